The normalized spacial score (nSPS) is 21.0. The molecular formula is C14H23N3O2S. The lowest BCUT2D eigenvalue weighted by molar-refractivity contribution is 0.187. The van der Waals surface area contributed by atoms with Gasteiger partial charge in [-0.1, -0.05) is 18.6 Å². The van der Waals surface area contributed by atoms with Crippen molar-refractivity contribution in [2.75, 3.05) is 20.1 Å². The van der Waals surface area contributed by atoms with Crippen molar-refractivity contribution in [3.05, 3.63) is 29.8 Å². The summed E-state index contributed by atoms with van der Waals surface area (Å²) in [5, 5.41) is 0. The third-order valence-corrected chi connectivity index (χ3v) is 5.34. The number of likely N-dealkylation sites (N-methyl/N-ethyl adjacent to an activating group) is 1. The first kappa shape index (κ1) is 15.4. The zero-order chi connectivity index (χ0) is 14.6. The van der Waals surface area contributed by atoms with E-state index in [1.54, 1.807) is 24.3 Å². The Morgan fingerprint density at radius 3 is 2.60 bits per heavy atom. The molecule has 2 rings (SSSR count). The summed E-state index contributed by atoms with van der Waals surface area (Å²) < 4.78 is 27.2. The average molecular weight is 297 g/mol. The zero-order valence-electron chi connectivity index (χ0n) is 11.9. The number of rotatable bonds is 5. The van der Waals surface area contributed by atoms with Gasteiger partial charge < -0.3 is 10.6 Å². The van der Waals surface area contributed by atoms with Crippen LogP contribution in [0.1, 0.15) is 24.8 Å². The molecular weight excluding hydrogens is 274 g/mol. The molecule has 1 aliphatic heterocycles. The number of nitrogens with zero attached hydrogens (tertiary/aromatic N) is 1. The topological polar surface area (TPSA) is 75.4 Å². The summed E-state index contributed by atoms with van der Waals surface area (Å²) in [5.41, 5.74) is 6.44. The Hall–Kier alpha value is -0.950. The molecule has 0 saturated carbocycles. The van der Waals surface area contributed by atoms with E-state index < -0.39 is 10.0 Å². The summed E-state index contributed by atoms with van der Waals surface area (Å²) in [4.78, 5) is 2.52. The number of hydrogen-bond donors (Lipinski definition) is 2. The van der Waals surface area contributed by atoms with Crippen LogP contribution in [-0.4, -0.2) is 39.5 Å². The lowest BCUT2D eigenvalue weighted by Gasteiger charge is -2.32. The molecule has 1 aliphatic rings. The Bertz CT molecular complexity index is 528. The highest BCUT2D eigenvalue weighted by Gasteiger charge is 2.21. The maximum Gasteiger partial charge on any atom is 0.240 e. The van der Waals surface area contributed by atoms with Crippen LogP contribution in [0.3, 0.4) is 0 Å². The highest BCUT2D eigenvalue weighted by Crippen LogP contribution is 2.15. The third kappa shape index (κ3) is 3.79. The van der Waals surface area contributed by atoms with Gasteiger partial charge in [0.05, 0.1) is 4.90 Å². The van der Waals surface area contributed by atoms with Crippen molar-refractivity contribution in [2.45, 2.75) is 36.7 Å². The zero-order valence-corrected chi connectivity index (χ0v) is 12.7. The molecule has 0 aromatic heterocycles. The van der Waals surface area contributed by atoms with Crippen LogP contribution < -0.4 is 10.5 Å². The number of sulfonamides is 1. The first-order valence-corrected chi connectivity index (χ1v) is 8.50. The van der Waals surface area contributed by atoms with Gasteiger partial charge in [-0.15, -0.1) is 0 Å². The molecule has 112 valence electrons. The van der Waals surface area contributed by atoms with Crippen molar-refractivity contribution in [1.82, 2.24) is 9.62 Å². The predicted octanol–water partition coefficient (Wildman–Crippen LogP) is 0.908. The Morgan fingerprint density at radius 2 is 2.00 bits per heavy atom. The Kier molecular flexibility index (Phi) is 5.15. The Labute approximate surface area is 121 Å². The molecule has 0 amide bonds. The van der Waals surface area contributed by atoms with Gasteiger partial charge in [0, 0.05) is 19.1 Å². The predicted molar refractivity (Wildman–Crippen MR) is 79.8 cm³/mol. The van der Waals surface area contributed by atoms with Gasteiger partial charge >= 0.3 is 0 Å². The van der Waals surface area contributed by atoms with Crippen molar-refractivity contribution in [1.29, 1.82) is 0 Å². The SMILES string of the molecule is CN1CCCCC1CNS(=O)(=O)c1ccc(CN)cc1. The fourth-order valence-corrected chi connectivity index (χ4v) is 3.57. The van der Waals surface area contributed by atoms with E-state index in [1.165, 1.54) is 12.8 Å². The van der Waals surface area contributed by atoms with Gasteiger partial charge in [-0.2, -0.15) is 0 Å². The van der Waals surface area contributed by atoms with E-state index in [0.717, 1.165) is 18.5 Å². The molecule has 1 saturated heterocycles. The monoisotopic (exact) mass is 297 g/mol. The average Bonchev–Trinajstić information content (AvgIpc) is 2.46. The molecule has 1 aromatic rings. The first-order valence-electron chi connectivity index (χ1n) is 7.02. The van der Waals surface area contributed by atoms with Crippen LogP contribution in [0.15, 0.2) is 29.2 Å². The standard InChI is InChI=1S/C14H23N3O2S/c1-17-9-3-2-4-13(17)11-16-20(18,19)14-7-5-12(10-15)6-8-14/h5-8,13,16H,2-4,9-11,15H2,1H3. The molecule has 1 aromatic carbocycles. The van der Waals surface area contributed by atoms with E-state index in [1.807, 2.05) is 7.05 Å². The van der Waals surface area contributed by atoms with E-state index >= 15 is 0 Å². The minimum atomic E-state index is -3.43. The summed E-state index contributed by atoms with van der Waals surface area (Å²) in [7, 11) is -1.38. The molecule has 1 atom stereocenters. The Morgan fingerprint density at radius 1 is 1.30 bits per heavy atom. The van der Waals surface area contributed by atoms with Crippen molar-refractivity contribution < 1.29 is 8.42 Å². The van der Waals surface area contributed by atoms with E-state index in [9.17, 15) is 8.42 Å². The molecule has 0 bridgehead atoms. The molecule has 5 nitrogen and oxygen atoms in total. The van der Waals surface area contributed by atoms with Crippen LogP contribution in [0.4, 0.5) is 0 Å². The lowest BCUT2D eigenvalue weighted by Crippen LogP contribution is -2.44. The van der Waals surface area contributed by atoms with Crippen LogP contribution in [0.5, 0.6) is 0 Å². The molecule has 1 heterocycles. The van der Waals surface area contributed by atoms with Crippen molar-refractivity contribution in [3.8, 4) is 0 Å². The smallest absolute Gasteiger partial charge is 0.240 e. The van der Waals surface area contributed by atoms with Gasteiger partial charge in [0.15, 0.2) is 0 Å². The quantitative estimate of drug-likeness (QED) is 0.847. The van der Waals surface area contributed by atoms with Crippen LogP contribution in [-0.2, 0) is 16.6 Å². The van der Waals surface area contributed by atoms with Gasteiger partial charge in [0.2, 0.25) is 10.0 Å². The second-order valence-corrected chi connectivity index (χ2v) is 7.10. The summed E-state index contributed by atoms with van der Waals surface area (Å²) in [5.74, 6) is 0. The molecule has 3 N–H and O–H groups in total. The number of piperidine rings is 1. The van der Waals surface area contributed by atoms with Crippen LogP contribution in [0.25, 0.3) is 0 Å². The maximum absolute atomic E-state index is 12.2. The second kappa shape index (κ2) is 6.67. The van der Waals surface area contributed by atoms with Gasteiger partial charge in [0.1, 0.15) is 0 Å². The largest absolute Gasteiger partial charge is 0.326 e. The summed E-state index contributed by atoms with van der Waals surface area (Å²) in [6.45, 7) is 1.93. The van der Waals surface area contributed by atoms with Gasteiger partial charge in [0.25, 0.3) is 0 Å². The van der Waals surface area contributed by atoms with Gasteiger partial charge in [-0.3, -0.25) is 0 Å². The number of nitrogens with one attached hydrogen (secondary N) is 1. The van der Waals surface area contributed by atoms with Crippen molar-refractivity contribution in [2.24, 2.45) is 5.73 Å². The molecule has 20 heavy (non-hydrogen) atoms. The summed E-state index contributed by atoms with van der Waals surface area (Å²) >= 11 is 0. The molecule has 6 heteroatoms. The molecule has 1 unspecified atom stereocenters. The van der Waals surface area contributed by atoms with E-state index in [-0.39, 0.29) is 0 Å². The van der Waals surface area contributed by atoms with E-state index in [2.05, 4.69) is 9.62 Å². The second-order valence-electron chi connectivity index (χ2n) is 5.33. The number of nitrogens with two attached hydrogens (primary N) is 1. The van der Waals surface area contributed by atoms with Crippen molar-refractivity contribution >= 4 is 10.0 Å². The molecule has 0 spiro atoms. The van der Waals surface area contributed by atoms with Gasteiger partial charge in [-0.05, 0) is 44.1 Å². The summed E-state index contributed by atoms with van der Waals surface area (Å²) in [6, 6.07) is 7.01. The van der Waals surface area contributed by atoms with E-state index in [4.69, 9.17) is 5.73 Å². The highest BCUT2D eigenvalue weighted by atomic mass is 32.2. The fourth-order valence-electron chi connectivity index (χ4n) is 2.50. The molecule has 0 radical (unpaired) electrons. The lowest BCUT2D eigenvalue weighted by atomic mass is 10.0. The van der Waals surface area contributed by atoms with Crippen molar-refractivity contribution in [3.63, 3.8) is 0 Å². The number of benzene rings is 1. The maximum atomic E-state index is 12.2. The van der Waals surface area contributed by atoms with E-state index in [0.29, 0.717) is 24.0 Å². The highest BCUT2D eigenvalue weighted by molar-refractivity contribution is 7.89. The number of hydrogen-bond acceptors (Lipinski definition) is 4. The van der Waals surface area contributed by atoms with Crippen LogP contribution in [0.2, 0.25) is 0 Å². The third-order valence-electron chi connectivity index (χ3n) is 3.90. The summed E-state index contributed by atoms with van der Waals surface area (Å²) in [6.07, 6.45) is 3.41. The first-order chi connectivity index (χ1) is 9.53. The molecule has 0 aliphatic carbocycles. The van der Waals surface area contributed by atoms with Crippen LogP contribution >= 0.6 is 0 Å². The fraction of sp³-hybridized carbons (Fsp3) is 0.571. The minimum Gasteiger partial charge on any atom is -0.326 e. The van der Waals surface area contributed by atoms with Crippen LogP contribution in [0, 0.1) is 0 Å². The Balaban J connectivity index is 1.99. The minimum absolute atomic E-state index is 0.293. The van der Waals surface area contributed by atoms with Gasteiger partial charge in [-0.25, -0.2) is 13.1 Å². The molecule has 1 fully saturated rings. The number of likely N-dealkylation sites (tertiary alicyclic amines) is 1.